The number of aromatic nitrogens is 1. The Hall–Kier alpha value is -2.01. The van der Waals surface area contributed by atoms with E-state index < -0.39 is 11.6 Å². The Morgan fingerprint density at radius 1 is 1.10 bits per heavy atom. The lowest BCUT2D eigenvalue weighted by atomic mass is 10.3. The zero-order chi connectivity index (χ0) is 13.9. The number of hydrogen-bond donors (Lipinski definition) is 1. The number of benzene rings is 1. The normalized spacial score (nSPS) is 14.3. The maximum atomic E-state index is 13.1. The topological polar surface area (TPSA) is 34.1 Å². The fourth-order valence-corrected chi connectivity index (χ4v) is 1.83. The highest BCUT2D eigenvalue weighted by molar-refractivity contribution is 5.31. The van der Waals surface area contributed by atoms with E-state index in [1.807, 2.05) is 0 Å². The van der Waals surface area contributed by atoms with Crippen LogP contribution in [-0.2, 0) is 6.54 Å². The smallest absolute Gasteiger partial charge is 0.162 e. The summed E-state index contributed by atoms with van der Waals surface area (Å²) in [7, 11) is 0. The lowest BCUT2D eigenvalue weighted by Gasteiger charge is -2.08. The van der Waals surface area contributed by atoms with E-state index in [-0.39, 0.29) is 5.75 Å². The molecule has 0 aliphatic heterocycles. The molecular formula is C15H14F2N2O. The average Bonchev–Trinajstić information content (AvgIpc) is 3.25. The standard InChI is InChI=1S/C15H14F2N2O/c16-14-4-3-12(8-15(14)17)20-13-5-6-18-11(7-13)9-19-10-1-2-10/h3-8,10,19H,1-2,9H2. The minimum atomic E-state index is -0.924. The molecule has 1 fully saturated rings. The monoisotopic (exact) mass is 276 g/mol. The summed E-state index contributed by atoms with van der Waals surface area (Å²) in [6, 6.07) is 7.53. The van der Waals surface area contributed by atoms with Gasteiger partial charge in [-0.05, 0) is 31.0 Å². The summed E-state index contributed by atoms with van der Waals surface area (Å²) < 4.78 is 31.4. The second kappa shape index (κ2) is 5.54. The van der Waals surface area contributed by atoms with Crippen LogP contribution in [0.1, 0.15) is 18.5 Å². The molecule has 3 rings (SSSR count). The maximum Gasteiger partial charge on any atom is 0.162 e. The van der Waals surface area contributed by atoms with Crippen LogP contribution in [0.2, 0.25) is 0 Å². The quantitative estimate of drug-likeness (QED) is 0.908. The predicted octanol–water partition coefficient (Wildman–Crippen LogP) is 3.40. The van der Waals surface area contributed by atoms with Crippen LogP contribution in [0.15, 0.2) is 36.5 Å². The number of pyridine rings is 1. The van der Waals surface area contributed by atoms with Crippen LogP contribution in [0.4, 0.5) is 8.78 Å². The van der Waals surface area contributed by atoms with E-state index >= 15 is 0 Å². The molecule has 0 amide bonds. The average molecular weight is 276 g/mol. The van der Waals surface area contributed by atoms with Crippen molar-refractivity contribution in [2.24, 2.45) is 0 Å². The van der Waals surface area contributed by atoms with Gasteiger partial charge in [0.1, 0.15) is 11.5 Å². The van der Waals surface area contributed by atoms with Gasteiger partial charge in [0, 0.05) is 30.9 Å². The van der Waals surface area contributed by atoms with E-state index in [0.29, 0.717) is 18.3 Å². The van der Waals surface area contributed by atoms with Crippen LogP contribution in [0, 0.1) is 11.6 Å². The highest BCUT2D eigenvalue weighted by Gasteiger charge is 2.20. The molecule has 1 aromatic heterocycles. The van der Waals surface area contributed by atoms with E-state index in [2.05, 4.69) is 10.3 Å². The molecule has 1 aromatic carbocycles. The molecule has 0 radical (unpaired) electrons. The molecule has 5 heteroatoms. The van der Waals surface area contributed by atoms with Gasteiger partial charge in [0.15, 0.2) is 11.6 Å². The summed E-state index contributed by atoms with van der Waals surface area (Å²) in [5, 5.41) is 3.35. The van der Waals surface area contributed by atoms with Gasteiger partial charge in [0.25, 0.3) is 0 Å². The summed E-state index contributed by atoms with van der Waals surface area (Å²) in [5.41, 5.74) is 0.858. The molecule has 1 aliphatic rings. The molecule has 2 aromatic rings. The first-order valence-corrected chi connectivity index (χ1v) is 6.52. The highest BCUT2D eigenvalue weighted by Crippen LogP contribution is 2.24. The van der Waals surface area contributed by atoms with Gasteiger partial charge in [-0.15, -0.1) is 0 Å². The molecule has 0 saturated heterocycles. The molecule has 1 aliphatic carbocycles. The minimum Gasteiger partial charge on any atom is -0.457 e. The molecule has 1 heterocycles. The van der Waals surface area contributed by atoms with Crippen LogP contribution in [-0.4, -0.2) is 11.0 Å². The van der Waals surface area contributed by atoms with Crippen LogP contribution in [0.5, 0.6) is 11.5 Å². The Balaban J connectivity index is 1.69. The molecule has 1 N–H and O–H groups in total. The molecule has 1 saturated carbocycles. The maximum absolute atomic E-state index is 13.1. The van der Waals surface area contributed by atoms with Crippen molar-refractivity contribution in [3.63, 3.8) is 0 Å². The van der Waals surface area contributed by atoms with Crippen molar-refractivity contribution in [1.82, 2.24) is 10.3 Å². The minimum absolute atomic E-state index is 0.260. The van der Waals surface area contributed by atoms with E-state index in [4.69, 9.17) is 4.74 Å². The fraction of sp³-hybridized carbons (Fsp3) is 0.267. The first-order valence-electron chi connectivity index (χ1n) is 6.52. The third kappa shape index (κ3) is 3.30. The number of ether oxygens (including phenoxy) is 1. The number of hydrogen-bond acceptors (Lipinski definition) is 3. The molecule has 0 bridgehead atoms. The van der Waals surface area contributed by atoms with E-state index in [9.17, 15) is 8.78 Å². The van der Waals surface area contributed by atoms with E-state index in [0.717, 1.165) is 17.8 Å². The Morgan fingerprint density at radius 3 is 2.65 bits per heavy atom. The molecule has 104 valence electrons. The largest absolute Gasteiger partial charge is 0.457 e. The van der Waals surface area contributed by atoms with Gasteiger partial charge < -0.3 is 10.1 Å². The van der Waals surface area contributed by atoms with Crippen molar-refractivity contribution >= 4 is 0 Å². The van der Waals surface area contributed by atoms with E-state index in [1.54, 1.807) is 18.3 Å². The second-order valence-corrected chi connectivity index (χ2v) is 4.82. The predicted molar refractivity (Wildman–Crippen MR) is 70.5 cm³/mol. The Labute approximate surface area is 115 Å². The van der Waals surface area contributed by atoms with Gasteiger partial charge in [-0.25, -0.2) is 8.78 Å². The SMILES string of the molecule is Fc1ccc(Oc2ccnc(CNC3CC3)c2)cc1F. The Bertz CT molecular complexity index is 615. The van der Waals surface area contributed by atoms with Gasteiger partial charge >= 0.3 is 0 Å². The van der Waals surface area contributed by atoms with Gasteiger partial charge in [0.05, 0.1) is 5.69 Å². The van der Waals surface area contributed by atoms with Gasteiger partial charge in [-0.1, -0.05) is 0 Å². The first kappa shape index (κ1) is 13.0. The molecule has 0 unspecified atom stereocenters. The summed E-state index contributed by atoms with van der Waals surface area (Å²) in [6.45, 7) is 0.680. The fourth-order valence-electron chi connectivity index (χ4n) is 1.83. The van der Waals surface area contributed by atoms with Gasteiger partial charge in [-0.2, -0.15) is 0 Å². The zero-order valence-corrected chi connectivity index (χ0v) is 10.8. The lowest BCUT2D eigenvalue weighted by Crippen LogP contribution is -2.16. The van der Waals surface area contributed by atoms with Crippen molar-refractivity contribution in [1.29, 1.82) is 0 Å². The molecule has 0 atom stereocenters. The van der Waals surface area contributed by atoms with Gasteiger partial charge in [-0.3, -0.25) is 4.98 Å². The van der Waals surface area contributed by atoms with Crippen molar-refractivity contribution in [2.45, 2.75) is 25.4 Å². The zero-order valence-electron chi connectivity index (χ0n) is 10.8. The van der Waals surface area contributed by atoms with Crippen molar-refractivity contribution in [3.05, 3.63) is 53.9 Å². The number of nitrogens with zero attached hydrogens (tertiary/aromatic N) is 1. The Kier molecular flexibility index (Phi) is 3.60. The van der Waals surface area contributed by atoms with Crippen molar-refractivity contribution < 1.29 is 13.5 Å². The number of rotatable bonds is 5. The number of halogens is 2. The summed E-state index contributed by atoms with van der Waals surface area (Å²) in [4.78, 5) is 4.24. The van der Waals surface area contributed by atoms with Crippen LogP contribution in [0.3, 0.4) is 0 Å². The third-order valence-electron chi connectivity index (χ3n) is 3.06. The van der Waals surface area contributed by atoms with Crippen LogP contribution in [0.25, 0.3) is 0 Å². The van der Waals surface area contributed by atoms with Crippen LogP contribution >= 0.6 is 0 Å². The Morgan fingerprint density at radius 2 is 1.90 bits per heavy atom. The summed E-state index contributed by atoms with van der Waals surface area (Å²) in [5.74, 6) is -0.997. The lowest BCUT2D eigenvalue weighted by molar-refractivity contribution is 0.460. The van der Waals surface area contributed by atoms with Crippen molar-refractivity contribution in [3.8, 4) is 11.5 Å². The third-order valence-corrected chi connectivity index (χ3v) is 3.06. The molecule has 3 nitrogen and oxygen atoms in total. The number of nitrogens with one attached hydrogen (secondary N) is 1. The molecule has 0 spiro atoms. The molecule has 20 heavy (non-hydrogen) atoms. The summed E-state index contributed by atoms with van der Waals surface area (Å²) >= 11 is 0. The van der Waals surface area contributed by atoms with Gasteiger partial charge in [0.2, 0.25) is 0 Å². The van der Waals surface area contributed by atoms with E-state index in [1.165, 1.54) is 18.9 Å². The van der Waals surface area contributed by atoms with Crippen LogP contribution < -0.4 is 10.1 Å². The highest BCUT2D eigenvalue weighted by atomic mass is 19.2. The summed E-state index contributed by atoms with van der Waals surface area (Å²) in [6.07, 6.45) is 4.06. The second-order valence-electron chi connectivity index (χ2n) is 4.82. The van der Waals surface area contributed by atoms with Crippen molar-refractivity contribution in [2.75, 3.05) is 0 Å². The first-order chi connectivity index (χ1) is 9.70. The molecular weight excluding hydrogens is 262 g/mol.